The molecule has 3 rings (SSSR count). The first-order valence-electron chi connectivity index (χ1n) is 9.39. The zero-order valence-corrected chi connectivity index (χ0v) is 17.9. The Balaban J connectivity index is 1.59. The molecule has 0 unspecified atom stereocenters. The van der Waals surface area contributed by atoms with E-state index in [4.69, 9.17) is 12.2 Å². The van der Waals surface area contributed by atoms with Gasteiger partial charge < -0.3 is 9.80 Å². The molecule has 1 aromatic carbocycles. The Bertz CT molecular complexity index is 812. The third-order valence-corrected chi connectivity index (χ3v) is 6.21. The summed E-state index contributed by atoms with van der Waals surface area (Å²) < 4.78 is 0.523. The van der Waals surface area contributed by atoms with E-state index in [0.717, 1.165) is 37.3 Å². The van der Waals surface area contributed by atoms with Crippen LogP contribution in [0.15, 0.2) is 46.9 Å². The van der Waals surface area contributed by atoms with Crippen molar-refractivity contribution in [2.45, 2.75) is 13.3 Å². The van der Waals surface area contributed by atoms with Crippen LogP contribution in [0.1, 0.15) is 18.9 Å². The van der Waals surface area contributed by atoms with E-state index >= 15 is 0 Å². The molecular formula is C21H25N3O2S2. The van der Waals surface area contributed by atoms with E-state index in [2.05, 4.69) is 11.9 Å². The van der Waals surface area contributed by atoms with Crippen LogP contribution in [0, 0.1) is 0 Å². The number of carbonyl (C=O) groups excluding carboxylic acids is 2. The van der Waals surface area contributed by atoms with Crippen LogP contribution < -0.4 is 0 Å². The number of thioether (sulfide) groups is 1. The Hall–Kier alpha value is -1.96. The number of benzene rings is 1. The lowest BCUT2D eigenvalue weighted by molar-refractivity contribution is -0.133. The van der Waals surface area contributed by atoms with E-state index in [0.29, 0.717) is 22.2 Å². The maximum absolute atomic E-state index is 12.7. The van der Waals surface area contributed by atoms with Gasteiger partial charge in [0, 0.05) is 39.1 Å². The molecule has 0 N–H and O–H groups in total. The van der Waals surface area contributed by atoms with Crippen LogP contribution in [0.5, 0.6) is 0 Å². The minimum atomic E-state index is -0.109. The molecule has 0 aliphatic carbocycles. The summed E-state index contributed by atoms with van der Waals surface area (Å²) in [6.45, 7) is 5.59. The second-order valence-corrected chi connectivity index (χ2v) is 8.74. The fraction of sp³-hybridized carbons (Fsp3) is 0.381. The molecule has 7 heteroatoms. The minimum Gasteiger partial charge on any atom is -0.340 e. The maximum Gasteiger partial charge on any atom is 0.266 e. The standard InChI is InChI=1S/C21H25N3O2S2/c1-16(14-17-6-4-3-5-7-17)15-18-20(26)24(21(27)28-18)9-8-19(25)23-12-10-22(2)11-13-23/h3-7,14-15H,8-13H2,1-2H3. The lowest BCUT2D eigenvalue weighted by Gasteiger charge is -2.32. The van der Waals surface area contributed by atoms with Crippen LogP contribution in [0.25, 0.3) is 6.08 Å². The van der Waals surface area contributed by atoms with Crippen LogP contribution in [0.2, 0.25) is 0 Å². The largest absolute Gasteiger partial charge is 0.340 e. The first-order valence-corrected chi connectivity index (χ1v) is 10.6. The minimum absolute atomic E-state index is 0.0892. The zero-order chi connectivity index (χ0) is 20.1. The summed E-state index contributed by atoms with van der Waals surface area (Å²) in [5.41, 5.74) is 2.07. The van der Waals surface area contributed by atoms with E-state index < -0.39 is 0 Å². The monoisotopic (exact) mass is 415 g/mol. The highest BCUT2D eigenvalue weighted by Gasteiger charge is 2.32. The van der Waals surface area contributed by atoms with Crippen molar-refractivity contribution in [3.8, 4) is 0 Å². The number of amides is 2. The van der Waals surface area contributed by atoms with Crippen LogP contribution in [0.4, 0.5) is 0 Å². The van der Waals surface area contributed by atoms with Gasteiger partial charge >= 0.3 is 0 Å². The predicted octanol–water partition coefficient (Wildman–Crippen LogP) is 3.00. The normalized spacial score (nSPS) is 20.4. The Labute approximate surface area is 176 Å². The molecular weight excluding hydrogens is 390 g/mol. The molecule has 2 fully saturated rings. The van der Waals surface area contributed by atoms with Gasteiger partial charge in [0.25, 0.3) is 5.91 Å². The lowest BCUT2D eigenvalue weighted by atomic mass is 10.1. The summed E-state index contributed by atoms with van der Waals surface area (Å²) in [6, 6.07) is 9.98. The highest BCUT2D eigenvalue weighted by atomic mass is 32.2. The topological polar surface area (TPSA) is 43.9 Å². The molecule has 1 aromatic rings. The highest BCUT2D eigenvalue weighted by Crippen LogP contribution is 2.32. The second-order valence-electron chi connectivity index (χ2n) is 7.07. The van der Waals surface area contributed by atoms with Crippen molar-refractivity contribution >= 4 is 46.2 Å². The molecule has 2 aliphatic heterocycles. The fourth-order valence-electron chi connectivity index (χ4n) is 3.17. The Morgan fingerprint density at radius 3 is 2.54 bits per heavy atom. The van der Waals surface area contributed by atoms with Gasteiger partial charge in [0.05, 0.1) is 4.91 Å². The van der Waals surface area contributed by atoms with Crippen molar-refractivity contribution in [1.82, 2.24) is 14.7 Å². The maximum atomic E-state index is 12.7. The Morgan fingerprint density at radius 2 is 1.86 bits per heavy atom. The SMILES string of the molecule is CC(=Cc1ccccc1)C=C1SC(=S)N(CCC(=O)N2CCN(C)CC2)C1=O. The van der Waals surface area contributed by atoms with Crippen molar-refractivity contribution < 1.29 is 9.59 Å². The summed E-state index contributed by atoms with van der Waals surface area (Å²) >= 11 is 6.68. The number of carbonyl (C=O) groups is 2. The number of allylic oxidation sites excluding steroid dienone is 2. The average molecular weight is 416 g/mol. The van der Waals surface area contributed by atoms with Crippen LogP contribution in [-0.4, -0.2) is 70.6 Å². The molecule has 0 atom stereocenters. The molecule has 0 radical (unpaired) electrons. The van der Waals surface area contributed by atoms with Gasteiger partial charge in [-0.05, 0) is 31.2 Å². The molecule has 0 aromatic heterocycles. The summed E-state index contributed by atoms with van der Waals surface area (Å²) in [5.74, 6) is -0.0201. The van der Waals surface area contributed by atoms with E-state index in [1.807, 2.05) is 54.3 Å². The van der Waals surface area contributed by atoms with Gasteiger partial charge in [-0.1, -0.05) is 60.4 Å². The van der Waals surface area contributed by atoms with Gasteiger partial charge in [-0.2, -0.15) is 0 Å². The molecule has 2 amide bonds. The predicted molar refractivity (Wildman–Crippen MR) is 119 cm³/mol. The number of thiocarbonyl (C=S) groups is 1. The number of hydrogen-bond acceptors (Lipinski definition) is 5. The molecule has 0 spiro atoms. The summed E-state index contributed by atoms with van der Waals surface area (Å²) in [4.78, 5) is 31.4. The molecule has 2 saturated heterocycles. The average Bonchev–Trinajstić information content (AvgIpc) is 2.94. The van der Waals surface area contributed by atoms with Gasteiger partial charge in [-0.15, -0.1) is 0 Å². The van der Waals surface area contributed by atoms with E-state index in [9.17, 15) is 9.59 Å². The number of rotatable bonds is 5. The summed E-state index contributed by atoms with van der Waals surface area (Å²) in [6.07, 6.45) is 4.21. The Morgan fingerprint density at radius 1 is 1.18 bits per heavy atom. The van der Waals surface area contributed by atoms with Crippen LogP contribution in [-0.2, 0) is 9.59 Å². The number of nitrogens with zero attached hydrogens (tertiary/aromatic N) is 3. The van der Waals surface area contributed by atoms with Crippen LogP contribution in [0.3, 0.4) is 0 Å². The molecule has 2 heterocycles. The molecule has 28 heavy (non-hydrogen) atoms. The lowest BCUT2D eigenvalue weighted by Crippen LogP contribution is -2.47. The summed E-state index contributed by atoms with van der Waals surface area (Å²) in [5, 5.41) is 0. The third-order valence-electron chi connectivity index (χ3n) is 4.83. The fourth-order valence-corrected chi connectivity index (χ4v) is 4.53. The first-order chi connectivity index (χ1) is 13.4. The zero-order valence-electron chi connectivity index (χ0n) is 16.3. The number of piperazine rings is 1. The smallest absolute Gasteiger partial charge is 0.266 e. The molecule has 5 nitrogen and oxygen atoms in total. The number of hydrogen-bond donors (Lipinski definition) is 0. The van der Waals surface area contributed by atoms with Gasteiger partial charge in [0.2, 0.25) is 5.91 Å². The van der Waals surface area contributed by atoms with Crippen molar-refractivity contribution in [1.29, 1.82) is 0 Å². The van der Waals surface area contributed by atoms with Gasteiger partial charge in [0.15, 0.2) is 0 Å². The first kappa shape index (κ1) is 20.8. The van der Waals surface area contributed by atoms with Crippen molar-refractivity contribution in [2.75, 3.05) is 39.8 Å². The van der Waals surface area contributed by atoms with Crippen molar-refractivity contribution in [2.24, 2.45) is 0 Å². The third kappa shape index (κ3) is 5.31. The van der Waals surface area contributed by atoms with Gasteiger partial charge in [-0.3, -0.25) is 14.5 Å². The molecule has 0 saturated carbocycles. The van der Waals surface area contributed by atoms with E-state index in [-0.39, 0.29) is 11.8 Å². The summed E-state index contributed by atoms with van der Waals surface area (Å²) in [7, 11) is 2.06. The quantitative estimate of drug-likeness (QED) is 0.546. The van der Waals surface area contributed by atoms with Crippen molar-refractivity contribution in [3.63, 3.8) is 0 Å². The molecule has 0 bridgehead atoms. The second kappa shape index (κ2) is 9.49. The number of likely N-dealkylation sites (N-methyl/N-ethyl adjacent to an activating group) is 1. The molecule has 2 aliphatic rings. The highest BCUT2D eigenvalue weighted by molar-refractivity contribution is 8.26. The van der Waals surface area contributed by atoms with E-state index in [1.54, 1.807) is 4.90 Å². The van der Waals surface area contributed by atoms with Gasteiger partial charge in [0.1, 0.15) is 4.32 Å². The van der Waals surface area contributed by atoms with Crippen LogP contribution >= 0.6 is 24.0 Å². The van der Waals surface area contributed by atoms with Gasteiger partial charge in [-0.25, -0.2) is 0 Å². The Kier molecular flexibility index (Phi) is 7.04. The molecule has 148 valence electrons. The van der Waals surface area contributed by atoms with Crippen molar-refractivity contribution in [3.05, 3.63) is 52.4 Å². The van der Waals surface area contributed by atoms with E-state index in [1.165, 1.54) is 11.8 Å².